The van der Waals surface area contributed by atoms with Crippen LogP contribution in [0.2, 0.25) is 0 Å². The van der Waals surface area contributed by atoms with Gasteiger partial charge in [0.1, 0.15) is 5.41 Å². The number of nitriles is 1. The fraction of sp³-hybridized carbons (Fsp3) is 0.857. The second-order valence-electron chi connectivity index (χ2n) is 5.56. The van der Waals surface area contributed by atoms with Crippen LogP contribution in [-0.2, 0) is 4.79 Å². The number of likely N-dealkylation sites (tertiary alicyclic amines) is 1. The summed E-state index contributed by atoms with van der Waals surface area (Å²) in [6, 6.07) is 2.24. The van der Waals surface area contributed by atoms with Crippen LogP contribution >= 0.6 is 0 Å². The number of carbonyl (C=O) groups is 1. The van der Waals surface area contributed by atoms with Gasteiger partial charge in [0.2, 0.25) is 5.91 Å². The fourth-order valence-corrected chi connectivity index (χ4v) is 3.05. The Morgan fingerprint density at radius 1 is 1.17 bits per heavy atom. The summed E-state index contributed by atoms with van der Waals surface area (Å²) in [6.07, 6.45) is 7.37. The lowest BCUT2D eigenvalue weighted by atomic mass is 9.87. The van der Waals surface area contributed by atoms with Gasteiger partial charge in [-0.15, -0.1) is 0 Å². The number of nitrogens with zero attached hydrogens (tertiary/aromatic N) is 2. The second kappa shape index (κ2) is 6.19. The number of hydrogen-bond acceptors (Lipinski definition) is 3. The lowest BCUT2D eigenvalue weighted by molar-refractivity contribution is -0.128. The minimum absolute atomic E-state index is 0.0421. The Labute approximate surface area is 109 Å². The summed E-state index contributed by atoms with van der Waals surface area (Å²) >= 11 is 0. The van der Waals surface area contributed by atoms with E-state index in [1.807, 2.05) is 0 Å². The molecule has 0 spiro atoms. The highest BCUT2D eigenvalue weighted by Crippen LogP contribution is 2.37. The number of hydrogen-bond donors (Lipinski definition) is 1. The van der Waals surface area contributed by atoms with Crippen LogP contribution < -0.4 is 5.32 Å². The van der Waals surface area contributed by atoms with Crippen molar-refractivity contribution in [3.05, 3.63) is 0 Å². The van der Waals surface area contributed by atoms with Crippen LogP contribution in [0.1, 0.15) is 44.9 Å². The SMILES string of the molecule is N#CC1(C(=O)NCCN2CCCCC2)CCCC1. The molecule has 1 aliphatic carbocycles. The Bertz CT molecular complexity index is 322. The molecule has 1 aliphatic heterocycles. The normalized spacial score (nSPS) is 23.5. The van der Waals surface area contributed by atoms with E-state index in [-0.39, 0.29) is 5.91 Å². The van der Waals surface area contributed by atoms with Gasteiger partial charge in [-0.2, -0.15) is 5.26 Å². The number of carbonyl (C=O) groups excluding carboxylic acids is 1. The van der Waals surface area contributed by atoms with Gasteiger partial charge in [-0.25, -0.2) is 0 Å². The zero-order valence-electron chi connectivity index (χ0n) is 11.1. The molecule has 1 saturated heterocycles. The van der Waals surface area contributed by atoms with Crippen LogP contribution in [0.15, 0.2) is 0 Å². The Morgan fingerprint density at radius 2 is 1.83 bits per heavy atom. The average Bonchev–Trinajstić information content (AvgIpc) is 2.90. The highest BCUT2D eigenvalue weighted by atomic mass is 16.2. The summed E-state index contributed by atoms with van der Waals surface area (Å²) in [5.74, 6) is -0.0421. The minimum atomic E-state index is -0.720. The zero-order chi connectivity index (χ0) is 12.8. The third-order valence-corrected chi connectivity index (χ3v) is 4.27. The van der Waals surface area contributed by atoms with E-state index in [1.165, 1.54) is 19.3 Å². The number of rotatable bonds is 4. The maximum Gasteiger partial charge on any atom is 0.240 e. The van der Waals surface area contributed by atoms with Crippen molar-refractivity contribution in [1.29, 1.82) is 5.26 Å². The largest absolute Gasteiger partial charge is 0.353 e. The van der Waals surface area contributed by atoms with Crippen molar-refractivity contribution < 1.29 is 4.79 Å². The zero-order valence-corrected chi connectivity index (χ0v) is 11.1. The predicted octanol–water partition coefficient (Wildman–Crippen LogP) is 1.67. The molecule has 0 aromatic carbocycles. The molecule has 4 nitrogen and oxygen atoms in total. The third kappa shape index (κ3) is 3.02. The minimum Gasteiger partial charge on any atom is -0.353 e. The van der Waals surface area contributed by atoms with Gasteiger partial charge >= 0.3 is 0 Å². The van der Waals surface area contributed by atoms with Crippen LogP contribution in [0.4, 0.5) is 0 Å². The summed E-state index contributed by atoms with van der Waals surface area (Å²) in [5, 5.41) is 12.2. The molecule has 0 radical (unpaired) electrons. The molecule has 0 unspecified atom stereocenters. The summed E-state index contributed by atoms with van der Waals surface area (Å²) in [6.45, 7) is 3.91. The van der Waals surface area contributed by atoms with Gasteiger partial charge in [-0.05, 0) is 38.8 Å². The summed E-state index contributed by atoms with van der Waals surface area (Å²) < 4.78 is 0. The van der Waals surface area contributed by atoms with Crippen molar-refractivity contribution in [2.75, 3.05) is 26.2 Å². The fourth-order valence-electron chi connectivity index (χ4n) is 3.05. The first-order valence-corrected chi connectivity index (χ1v) is 7.19. The molecule has 0 atom stereocenters. The highest BCUT2D eigenvalue weighted by molar-refractivity contribution is 5.85. The van der Waals surface area contributed by atoms with E-state index in [9.17, 15) is 10.1 Å². The van der Waals surface area contributed by atoms with Gasteiger partial charge in [-0.3, -0.25) is 4.79 Å². The van der Waals surface area contributed by atoms with E-state index in [4.69, 9.17) is 0 Å². The maximum absolute atomic E-state index is 12.1. The van der Waals surface area contributed by atoms with E-state index in [0.717, 1.165) is 45.3 Å². The van der Waals surface area contributed by atoms with Crippen molar-refractivity contribution in [3.8, 4) is 6.07 Å². The Morgan fingerprint density at radius 3 is 2.44 bits per heavy atom. The molecule has 4 heteroatoms. The van der Waals surface area contributed by atoms with Crippen LogP contribution in [0, 0.1) is 16.7 Å². The molecule has 2 fully saturated rings. The lowest BCUT2D eigenvalue weighted by Crippen LogP contribution is -2.43. The van der Waals surface area contributed by atoms with Gasteiger partial charge in [0.15, 0.2) is 0 Å². The van der Waals surface area contributed by atoms with Gasteiger partial charge in [0.25, 0.3) is 0 Å². The first-order chi connectivity index (χ1) is 8.77. The van der Waals surface area contributed by atoms with E-state index in [0.29, 0.717) is 6.54 Å². The number of piperidine rings is 1. The quantitative estimate of drug-likeness (QED) is 0.824. The van der Waals surface area contributed by atoms with Crippen molar-refractivity contribution >= 4 is 5.91 Å². The lowest BCUT2D eigenvalue weighted by Gasteiger charge is -2.27. The molecular formula is C14H23N3O. The van der Waals surface area contributed by atoms with E-state index < -0.39 is 5.41 Å². The molecular weight excluding hydrogens is 226 g/mol. The van der Waals surface area contributed by atoms with Crippen LogP contribution in [-0.4, -0.2) is 37.0 Å². The first-order valence-electron chi connectivity index (χ1n) is 7.19. The van der Waals surface area contributed by atoms with Crippen molar-refractivity contribution in [2.45, 2.75) is 44.9 Å². The molecule has 0 aromatic heterocycles. The summed E-state index contributed by atoms with van der Waals surface area (Å²) in [5.41, 5.74) is -0.720. The van der Waals surface area contributed by atoms with Crippen LogP contribution in [0.5, 0.6) is 0 Å². The third-order valence-electron chi connectivity index (χ3n) is 4.27. The van der Waals surface area contributed by atoms with Gasteiger partial charge in [0.05, 0.1) is 6.07 Å². The van der Waals surface area contributed by atoms with Gasteiger partial charge < -0.3 is 10.2 Å². The van der Waals surface area contributed by atoms with E-state index in [2.05, 4.69) is 16.3 Å². The topological polar surface area (TPSA) is 56.1 Å². The molecule has 1 saturated carbocycles. The van der Waals surface area contributed by atoms with E-state index in [1.54, 1.807) is 0 Å². The molecule has 18 heavy (non-hydrogen) atoms. The molecule has 0 aromatic rings. The monoisotopic (exact) mass is 249 g/mol. The molecule has 2 aliphatic rings. The number of nitrogens with one attached hydrogen (secondary N) is 1. The van der Waals surface area contributed by atoms with Crippen molar-refractivity contribution in [1.82, 2.24) is 10.2 Å². The first kappa shape index (κ1) is 13.4. The van der Waals surface area contributed by atoms with Gasteiger partial charge in [-0.1, -0.05) is 19.3 Å². The summed E-state index contributed by atoms with van der Waals surface area (Å²) in [7, 11) is 0. The number of amides is 1. The van der Waals surface area contributed by atoms with Gasteiger partial charge in [0, 0.05) is 13.1 Å². The smallest absolute Gasteiger partial charge is 0.240 e. The molecule has 1 N–H and O–H groups in total. The predicted molar refractivity (Wildman–Crippen MR) is 69.8 cm³/mol. The Kier molecular flexibility index (Phi) is 4.60. The van der Waals surface area contributed by atoms with Crippen LogP contribution in [0.3, 0.4) is 0 Å². The highest BCUT2D eigenvalue weighted by Gasteiger charge is 2.41. The maximum atomic E-state index is 12.1. The molecule has 1 amide bonds. The molecule has 100 valence electrons. The average molecular weight is 249 g/mol. The summed E-state index contributed by atoms with van der Waals surface area (Å²) in [4.78, 5) is 14.5. The Balaban J connectivity index is 1.72. The van der Waals surface area contributed by atoms with Crippen LogP contribution in [0.25, 0.3) is 0 Å². The second-order valence-corrected chi connectivity index (χ2v) is 5.56. The van der Waals surface area contributed by atoms with E-state index >= 15 is 0 Å². The standard InChI is InChI=1S/C14H23N3O/c15-12-14(6-2-3-7-14)13(18)16-8-11-17-9-4-1-5-10-17/h1-11H2,(H,16,18). The molecule has 0 bridgehead atoms. The Hall–Kier alpha value is -1.08. The van der Waals surface area contributed by atoms with Crippen molar-refractivity contribution in [2.24, 2.45) is 5.41 Å². The molecule has 2 rings (SSSR count). The molecule has 1 heterocycles. The van der Waals surface area contributed by atoms with Crippen molar-refractivity contribution in [3.63, 3.8) is 0 Å².